The molecule has 1 N–H and O–H groups in total. The Morgan fingerprint density at radius 2 is 1.90 bits per heavy atom. The summed E-state index contributed by atoms with van der Waals surface area (Å²) in [6.07, 6.45) is 1.84. The number of rotatable bonds is 6. The van der Waals surface area contributed by atoms with E-state index in [2.05, 4.69) is 22.2 Å². The Labute approximate surface area is 123 Å². The zero-order chi connectivity index (χ0) is 14.4. The van der Waals surface area contributed by atoms with E-state index in [1.165, 1.54) is 23.9 Å². The summed E-state index contributed by atoms with van der Waals surface area (Å²) in [5.41, 5.74) is 0. The first-order valence-corrected chi connectivity index (χ1v) is 7.58. The van der Waals surface area contributed by atoms with E-state index in [9.17, 15) is 4.39 Å². The SMILES string of the molecule is CCCNc1cc(Sc2ccc(F)cc2)nc(CC)n1. The van der Waals surface area contributed by atoms with E-state index in [1.807, 2.05) is 13.0 Å². The Bertz CT molecular complexity index is 558. The number of nitrogens with one attached hydrogen (secondary N) is 1. The molecule has 5 heteroatoms. The molecule has 1 heterocycles. The fraction of sp³-hybridized carbons (Fsp3) is 0.333. The van der Waals surface area contributed by atoms with E-state index in [-0.39, 0.29) is 5.82 Å². The molecular weight excluding hydrogens is 273 g/mol. The molecule has 20 heavy (non-hydrogen) atoms. The maximum atomic E-state index is 12.9. The molecule has 0 atom stereocenters. The molecule has 0 amide bonds. The van der Waals surface area contributed by atoms with Crippen LogP contribution in [0.25, 0.3) is 0 Å². The van der Waals surface area contributed by atoms with Gasteiger partial charge in [-0.2, -0.15) is 0 Å². The van der Waals surface area contributed by atoms with Gasteiger partial charge >= 0.3 is 0 Å². The van der Waals surface area contributed by atoms with Gasteiger partial charge in [0, 0.05) is 23.9 Å². The van der Waals surface area contributed by atoms with Crippen LogP contribution < -0.4 is 5.32 Å². The summed E-state index contributed by atoms with van der Waals surface area (Å²) in [7, 11) is 0. The molecule has 0 saturated carbocycles. The number of anilines is 1. The van der Waals surface area contributed by atoms with Crippen molar-refractivity contribution in [3.05, 3.63) is 42.0 Å². The Balaban J connectivity index is 2.19. The van der Waals surface area contributed by atoms with Crippen molar-refractivity contribution in [3.63, 3.8) is 0 Å². The van der Waals surface area contributed by atoms with Crippen molar-refractivity contribution < 1.29 is 4.39 Å². The predicted octanol–water partition coefficient (Wildman–Crippen LogP) is 4.15. The van der Waals surface area contributed by atoms with Crippen LogP contribution >= 0.6 is 11.8 Å². The number of halogens is 1. The highest BCUT2D eigenvalue weighted by molar-refractivity contribution is 7.99. The maximum Gasteiger partial charge on any atom is 0.131 e. The first-order chi connectivity index (χ1) is 9.71. The monoisotopic (exact) mass is 291 g/mol. The van der Waals surface area contributed by atoms with Gasteiger partial charge in [0.15, 0.2) is 0 Å². The second-order valence-corrected chi connectivity index (χ2v) is 5.44. The van der Waals surface area contributed by atoms with Gasteiger partial charge < -0.3 is 5.32 Å². The normalized spacial score (nSPS) is 10.6. The van der Waals surface area contributed by atoms with Gasteiger partial charge in [0.1, 0.15) is 22.5 Å². The minimum Gasteiger partial charge on any atom is -0.370 e. The van der Waals surface area contributed by atoms with Crippen LogP contribution in [0.1, 0.15) is 26.1 Å². The Kier molecular flexibility index (Phi) is 5.35. The van der Waals surface area contributed by atoms with Crippen molar-refractivity contribution in [2.24, 2.45) is 0 Å². The summed E-state index contributed by atoms with van der Waals surface area (Å²) >= 11 is 1.52. The minimum absolute atomic E-state index is 0.225. The van der Waals surface area contributed by atoms with E-state index >= 15 is 0 Å². The molecule has 0 spiro atoms. The van der Waals surface area contributed by atoms with Crippen molar-refractivity contribution in [3.8, 4) is 0 Å². The minimum atomic E-state index is -0.225. The lowest BCUT2D eigenvalue weighted by molar-refractivity contribution is 0.626. The van der Waals surface area contributed by atoms with Crippen LogP contribution in [0.3, 0.4) is 0 Å². The second-order valence-electron chi connectivity index (χ2n) is 4.34. The van der Waals surface area contributed by atoms with Crippen LogP contribution in [0.4, 0.5) is 10.2 Å². The third kappa shape index (κ3) is 4.20. The number of aryl methyl sites for hydroxylation is 1. The van der Waals surface area contributed by atoms with Crippen molar-refractivity contribution in [2.45, 2.75) is 36.6 Å². The highest BCUT2D eigenvalue weighted by Crippen LogP contribution is 2.27. The largest absolute Gasteiger partial charge is 0.370 e. The Morgan fingerprint density at radius 1 is 1.15 bits per heavy atom. The summed E-state index contributed by atoms with van der Waals surface area (Å²) in [5, 5.41) is 4.16. The van der Waals surface area contributed by atoms with Crippen molar-refractivity contribution in [1.29, 1.82) is 0 Å². The van der Waals surface area contributed by atoms with E-state index < -0.39 is 0 Å². The van der Waals surface area contributed by atoms with Crippen LogP contribution in [0, 0.1) is 5.82 Å². The zero-order valence-electron chi connectivity index (χ0n) is 11.7. The fourth-order valence-electron chi connectivity index (χ4n) is 1.65. The lowest BCUT2D eigenvalue weighted by Gasteiger charge is -2.08. The van der Waals surface area contributed by atoms with Crippen molar-refractivity contribution in [1.82, 2.24) is 9.97 Å². The quantitative estimate of drug-likeness (QED) is 0.811. The number of nitrogens with zero attached hydrogens (tertiary/aromatic N) is 2. The molecule has 0 unspecified atom stereocenters. The van der Waals surface area contributed by atoms with Crippen molar-refractivity contribution >= 4 is 17.6 Å². The molecule has 1 aromatic heterocycles. The smallest absolute Gasteiger partial charge is 0.131 e. The second kappa shape index (κ2) is 7.24. The molecule has 0 aliphatic heterocycles. The van der Waals surface area contributed by atoms with Gasteiger partial charge in [-0.05, 0) is 30.7 Å². The molecule has 0 aliphatic carbocycles. The number of benzene rings is 1. The number of hydrogen-bond donors (Lipinski definition) is 1. The average molecular weight is 291 g/mol. The van der Waals surface area contributed by atoms with E-state index in [0.717, 1.165) is 41.0 Å². The van der Waals surface area contributed by atoms with E-state index in [0.29, 0.717) is 0 Å². The van der Waals surface area contributed by atoms with Crippen LogP contribution in [-0.4, -0.2) is 16.5 Å². The predicted molar refractivity (Wildman–Crippen MR) is 80.7 cm³/mol. The van der Waals surface area contributed by atoms with Gasteiger partial charge in [-0.15, -0.1) is 0 Å². The van der Waals surface area contributed by atoms with Gasteiger partial charge in [-0.1, -0.05) is 25.6 Å². The topological polar surface area (TPSA) is 37.8 Å². The highest BCUT2D eigenvalue weighted by atomic mass is 32.2. The van der Waals surface area contributed by atoms with Gasteiger partial charge in [-0.3, -0.25) is 0 Å². The first kappa shape index (κ1) is 14.8. The highest BCUT2D eigenvalue weighted by Gasteiger charge is 2.05. The number of hydrogen-bond acceptors (Lipinski definition) is 4. The molecule has 0 bridgehead atoms. The van der Waals surface area contributed by atoms with E-state index in [1.54, 1.807) is 12.1 Å². The molecule has 0 saturated heterocycles. The van der Waals surface area contributed by atoms with Gasteiger partial charge in [-0.25, -0.2) is 14.4 Å². The molecule has 2 rings (SSSR count). The van der Waals surface area contributed by atoms with Crippen LogP contribution in [0.15, 0.2) is 40.3 Å². The molecule has 0 fully saturated rings. The molecule has 2 aromatic rings. The molecule has 0 radical (unpaired) electrons. The fourth-order valence-corrected chi connectivity index (χ4v) is 2.49. The third-order valence-electron chi connectivity index (χ3n) is 2.66. The molecule has 106 valence electrons. The van der Waals surface area contributed by atoms with Gasteiger partial charge in [0.2, 0.25) is 0 Å². The molecule has 0 aliphatic rings. The molecular formula is C15H18FN3S. The Morgan fingerprint density at radius 3 is 2.55 bits per heavy atom. The van der Waals surface area contributed by atoms with Gasteiger partial charge in [0.25, 0.3) is 0 Å². The summed E-state index contributed by atoms with van der Waals surface area (Å²) in [4.78, 5) is 9.91. The third-order valence-corrected chi connectivity index (χ3v) is 3.58. The first-order valence-electron chi connectivity index (χ1n) is 6.76. The number of aromatic nitrogens is 2. The average Bonchev–Trinajstić information content (AvgIpc) is 2.47. The molecule has 1 aromatic carbocycles. The summed E-state index contributed by atoms with van der Waals surface area (Å²) in [6, 6.07) is 8.36. The standard InChI is InChI=1S/C15H18FN3S/c1-3-9-17-14-10-15(19-13(4-2)18-14)20-12-7-5-11(16)6-8-12/h5-8,10H,3-4,9H2,1-2H3,(H,17,18,19). The lowest BCUT2D eigenvalue weighted by atomic mass is 10.4. The molecule has 3 nitrogen and oxygen atoms in total. The zero-order valence-corrected chi connectivity index (χ0v) is 12.5. The van der Waals surface area contributed by atoms with Crippen molar-refractivity contribution in [2.75, 3.05) is 11.9 Å². The lowest BCUT2D eigenvalue weighted by Crippen LogP contribution is -2.05. The van der Waals surface area contributed by atoms with E-state index in [4.69, 9.17) is 0 Å². The van der Waals surface area contributed by atoms with Gasteiger partial charge in [0.05, 0.1) is 0 Å². The summed E-state index contributed by atoms with van der Waals surface area (Å²) < 4.78 is 12.9. The summed E-state index contributed by atoms with van der Waals surface area (Å²) in [5.74, 6) is 1.44. The van der Waals surface area contributed by atoms with Crippen LogP contribution in [-0.2, 0) is 6.42 Å². The maximum absolute atomic E-state index is 12.9. The van der Waals surface area contributed by atoms with Crippen LogP contribution in [0.5, 0.6) is 0 Å². The Hall–Kier alpha value is -1.62. The van der Waals surface area contributed by atoms with Crippen LogP contribution in [0.2, 0.25) is 0 Å². The summed E-state index contributed by atoms with van der Waals surface area (Å²) in [6.45, 7) is 5.04.